The molecular weight excluding hydrogens is 472 g/mol. The molecule has 0 aliphatic rings. The summed E-state index contributed by atoms with van der Waals surface area (Å²) in [5.74, 6) is -0.0121. The molecule has 0 heterocycles. The average molecular weight is 497 g/mol. The first-order valence-electron chi connectivity index (χ1n) is 10.7. The number of ether oxygens (including phenoxy) is 1. The molecule has 0 saturated carbocycles. The number of nitrogens with one attached hydrogen (secondary N) is 1. The predicted octanol–water partition coefficient (Wildman–Crippen LogP) is 3.73. The van der Waals surface area contributed by atoms with E-state index in [2.05, 4.69) is 10.5 Å². The number of para-hydroxylation sites is 2. The van der Waals surface area contributed by atoms with E-state index < -0.39 is 38.0 Å². The molecule has 3 aromatic carbocycles. The molecule has 0 atom stereocenters. The van der Waals surface area contributed by atoms with Crippen molar-refractivity contribution in [1.82, 2.24) is 5.43 Å². The summed E-state index contributed by atoms with van der Waals surface area (Å²) in [5, 5.41) is 15.3. The van der Waals surface area contributed by atoms with E-state index in [4.69, 9.17) is 4.74 Å². The number of carbonyl (C=O) groups is 1. The van der Waals surface area contributed by atoms with E-state index in [1.807, 2.05) is 6.92 Å². The highest BCUT2D eigenvalue weighted by atomic mass is 32.2. The molecule has 0 saturated heterocycles. The van der Waals surface area contributed by atoms with Crippen molar-refractivity contribution in [3.8, 4) is 5.75 Å². The van der Waals surface area contributed by atoms with E-state index in [9.17, 15) is 23.3 Å². The number of amides is 1. The van der Waals surface area contributed by atoms with Crippen LogP contribution in [0.1, 0.15) is 18.9 Å². The summed E-state index contributed by atoms with van der Waals surface area (Å²) in [6.45, 7) is 1.98. The van der Waals surface area contributed by atoms with Gasteiger partial charge in [-0.1, -0.05) is 37.3 Å². The van der Waals surface area contributed by atoms with Crippen LogP contribution < -0.4 is 14.5 Å². The molecule has 10 nitrogen and oxygen atoms in total. The topological polar surface area (TPSA) is 131 Å². The summed E-state index contributed by atoms with van der Waals surface area (Å²) < 4.78 is 33.1. The van der Waals surface area contributed by atoms with Crippen molar-refractivity contribution in [2.45, 2.75) is 18.2 Å². The van der Waals surface area contributed by atoms with Gasteiger partial charge in [0.15, 0.2) is 4.90 Å². The molecule has 3 aromatic rings. The molecule has 3 rings (SSSR count). The number of nitro groups is 1. The zero-order valence-electron chi connectivity index (χ0n) is 18.9. The molecule has 0 bridgehead atoms. The number of hydrogen-bond donors (Lipinski definition) is 1. The van der Waals surface area contributed by atoms with Gasteiger partial charge in [-0.2, -0.15) is 5.10 Å². The molecule has 1 N–H and O–H groups in total. The third kappa shape index (κ3) is 6.64. The first-order valence-corrected chi connectivity index (χ1v) is 12.1. The Kier molecular flexibility index (Phi) is 8.52. The number of nitrogens with zero attached hydrogens (tertiary/aromatic N) is 3. The van der Waals surface area contributed by atoms with Gasteiger partial charge in [-0.3, -0.25) is 19.2 Å². The summed E-state index contributed by atoms with van der Waals surface area (Å²) in [6.07, 6.45) is 2.30. The number of hydrazone groups is 1. The minimum absolute atomic E-state index is 0.174. The smallest absolute Gasteiger partial charge is 0.289 e. The van der Waals surface area contributed by atoms with E-state index in [1.54, 1.807) is 42.5 Å². The largest absolute Gasteiger partial charge is 0.494 e. The number of sulfonamides is 1. The lowest BCUT2D eigenvalue weighted by atomic mass is 10.2. The lowest BCUT2D eigenvalue weighted by Gasteiger charge is -2.23. The van der Waals surface area contributed by atoms with Gasteiger partial charge in [-0.05, 0) is 54.4 Å². The van der Waals surface area contributed by atoms with Crippen LogP contribution in [0.3, 0.4) is 0 Å². The second-order valence-electron chi connectivity index (χ2n) is 7.28. The molecular formula is C24H24N4O6S. The minimum Gasteiger partial charge on any atom is -0.494 e. The average Bonchev–Trinajstić information content (AvgIpc) is 2.87. The number of hydrogen-bond acceptors (Lipinski definition) is 7. The number of rotatable bonds is 11. The van der Waals surface area contributed by atoms with E-state index >= 15 is 0 Å². The Hall–Kier alpha value is -4.25. The van der Waals surface area contributed by atoms with E-state index in [0.717, 1.165) is 22.9 Å². The molecule has 0 unspecified atom stereocenters. The van der Waals surface area contributed by atoms with Gasteiger partial charge in [0, 0.05) is 6.07 Å². The van der Waals surface area contributed by atoms with E-state index in [-0.39, 0.29) is 5.69 Å². The highest BCUT2D eigenvalue weighted by Gasteiger charge is 2.33. The van der Waals surface area contributed by atoms with Gasteiger partial charge in [0.2, 0.25) is 0 Å². The molecule has 0 radical (unpaired) electrons. The molecule has 182 valence electrons. The molecule has 0 aliphatic carbocycles. The molecule has 0 aliphatic heterocycles. The summed E-state index contributed by atoms with van der Waals surface area (Å²) in [7, 11) is -4.45. The molecule has 1 amide bonds. The van der Waals surface area contributed by atoms with Crippen molar-refractivity contribution in [3.63, 3.8) is 0 Å². The van der Waals surface area contributed by atoms with Crippen LogP contribution in [0.5, 0.6) is 5.75 Å². The summed E-state index contributed by atoms with van der Waals surface area (Å²) in [4.78, 5) is 22.7. The highest BCUT2D eigenvalue weighted by molar-refractivity contribution is 7.93. The number of anilines is 1. The maximum Gasteiger partial charge on any atom is 0.289 e. The Balaban J connectivity index is 1.79. The van der Waals surface area contributed by atoms with Crippen LogP contribution in [0.4, 0.5) is 11.4 Å². The Bertz CT molecular complexity index is 1300. The Morgan fingerprint density at radius 2 is 1.71 bits per heavy atom. The van der Waals surface area contributed by atoms with Crippen molar-refractivity contribution in [1.29, 1.82) is 0 Å². The lowest BCUT2D eigenvalue weighted by molar-refractivity contribution is -0.387. The Labute approximate surface area is 203 Å². The first-order chi connectivity index (χ1) is 16.8. The number of benzene rings is 3. The zero-order chi connectivity index (χ0) is 25.3. The fraction of sp³-hybridized carbons (Fsp3) is 0.167. The van der Waals surface area contributed by atoms with Crippen LogP contribution in [0.2, 0.25) is 0 Å². The third-order valence-corrected chi connectivity index (χ3v) is 6.54. The fourth-order valence-electron chi connectivity index (χ4n) is 3.07. The first kappa shape index (κ1) is 25.4. The maximum atomic E-state index is 13.4. The number of carbonyl (C=O) groups excluding carboxylic acids is 1. The SMILES string of the molecule is CCCOc1ccc(/C=N\NC(=O)CN(c2ccccc2)S(=O)(=O)c2ccccc2[N+](=O)[O-])cc1. The lowest BCUT2D eigenvalue weighted by Crippen LogP contribution is -2.39. The van der Waals surface area contributed by atoms with Gasteiger partial charge in [0.05, 0.1) is 23.4 Å². The minimum atomic E-state index is -4.45. The van der Waals surface area contributed by atoms with E-state index in [0.29, 0.717) is 17.9 Å². The predicted molar refractivity (Wildman–Crippen MR) is 132 cm³/mol. The van der Waals surface area contributed by atoms with Crippen LogP contribution in [-0.2, 0) is 14.8 Å². The molecule has 11 heteroatoms. The number of nitro benzene ring substituents is 1. The molecule has 35 heavy (non-hydrogen) atoms. The van der Waals surface area contributed by atoms with Gasteiger partial charge in [0.25, 0.3) is 21.6 Å². The van der Waals surface area contributed by atoms with Gasteiger partial charge in [-0.15, -0.1) is 0 Å². The van der Waals surface area contributed by atoms with Crippen LogP contribution in [0.15, 0.2) is 88.9 Å². The quantitative estimate of drug-likeness (QED) is 0.244. The highest BCUT2D eigenvalue weighted by Crippen LogP contribution is 2.29. The zero-order valence-corrected chi connectivity index (χ0v) is 19.7. The van der Waals surface area contributed by atoms with Crippen molar-refractivity contribution in [2.24, 2.45) is 5.10 Å². The third-order valence-electron chi connectivity index (χ3n) is 4.72. The fourth-order valence-corrected chi connectivity index (χ4v) is 4.65. The van der Waals surface area contributed by atoms with E-state index in [1.165, 1.54) is 30.5 Å². The van der Waals surface area contributed by atoms with Gasteiger partial charge in [-0.25, -0.2) is 13.8 Å². The second kappa shape index (κ2) is 11.7. The van der Waals surface area contributed by atoms with Gasteiger partial charge < -0.3 is 4.74 Å². The van der Waals surface area contributed by atoms with Gasteiger partial charge >= 0.3 is 0 Å². The molecule has 0 fully saturated rings. The van der Waals surface area contributed by atoms with Crippen LogP contribution in [-0.4, -0.2) is 38.6 Å². The second-order valence-corrected chi connectivity index (χ2v) is 9.11. The molecule has 0 aromatic heterocycles. The van der Waals surface area contributed by atoms with Crippen molar-refractivity contribution in [3.05, 3.63) is 94.5 Å². The van der Waals surface area contributed by atoms with Crippen LogP contribution in [0, 0.1) is 10.1 Å². The summed E-state index contributed by atoms with van der Waals surface area (Å²) in [6, 6.07) is 19.9. The Morgan fingerprint density at radius 3 is 2.37 bits per heavy atom. The monoisotopic (exact) mass is 496 g/mol. The van der Waals surface area contributed by atoms with Crippen molar-refractivity contribution < 1.29 is 22.9 Å². The van der Waals surface area contributed by atoms with Gasteiger partial charge in [0.1, 0.15) is 12.3 Å². The van der Waals surface area contributed by atoms with Crippen LogP contribution >= 0.6 is 0 Å². The van der Waals surface area contributed by atoms with Crippen molar-refractivity contribution in [2.75, 3.05) is 17.5 Å². The standard InChI is InChI=1S/C24H24N4O6S/c1-2-16-34-21-14-12-19(13-15-21)17-25-26-24(29)18-27(20-8-4-3-5-9-20)35(32,33)23-11-7-6-10-22(23)28(30)31/h3-15,17H,2,16,18H2,1H3,(H,26,29)/b25-17-. The normalized spacial score (nSPS) is 11.2. The Morgan fingerprint density at radius 1 is 1.06 bits per heavy atom. The van der Waals surface area contributed by atoms with Crippen LogP contribution in [0.25, 0.3) is 0 Å². The summed E-state index contributed by atoms with van der Waals surface area (Å²) >= 11 is 0. The maximum absolute atomic E-state index is 13.4. The van der Waals surface area contributed by atoms with Crippen molar-refractivity contribution >= 4 is 33.5 Å². The molecule has 0 spiro atoms. The summed E-state index contributed by atoms with van der Waals surface area (Å²) in [5.41, 5.74) is 2.59.